The Bertz CT molecular complexity index is 782. The fourth-order valence-electron chi connectivity index (χ4n) is 3.34. The van der Waals surface area contributed by atoms with E-state index in [2.05, 4.69) is 19.2 Å². The van der Waals surface area contributed by atoms with E-state index in [0.29, 0.717) is 19.0 Å². The van der Waals surface area contributed by atoms with Crippen LogP contribution in [0, 0.1) is 0 Å². The summed E-state index contributed by atoms with van der Waals surface area (Å²) in [5.74, 6) is 0.116. The van der Waals surface area contributed by atoms with Gasteiger partial charge >= 0.3 is 5.69 Å². The number of halogens is 1. The summed E-state index contributed by atoms with van der Waals surface area (Å²) in [4.78, 5) is 26.9. The zero-order valence-corrected chi connectivity index (χ0v) is 15.2. The van der Waals surface area contributed by atoms with Gasteiger partial charge in [0.1, 0.15) is 0 Å². The van der Waals surface area contributed by atoms with Crippen LogP contribution in [0.25, 0.3) is 11.0 Å². The van der Waals surface area contributed by atoms with E-state index >= 15 is 0 Å². The third kappa shape index (κ3) is 3.21. The number of amides is 1. The zero-order valence-electron chi connectivity index (χ0n) is 14.4. The first-order valence-electron chi connectivity index (χ1n) is 8.18. The second-order valence-corrected chi connectivity index (χ2v) is 6.30. The Hall–Kier alpha value is -1.79. The number of aromatic nitrogens is 2. The average molecular weight is 353 g/mol. The highest BCUT2D eigenvalue weighted by atomic mass is 35.5. The van der Waals surface area contributed by atoms with Gasteiger partial charge in [-0.3, -0.25) is 13.9 Å². The topological polar surface area (TPSA) is 59.3 Å². The maximum atomic E-state index is 12.6. The number of aryl methyl sites for hydroxylation is 2. The Labute approximate surface area is 147 Å². The van der Waals surface area contributed by atoms with Crippen LogP contribution in [0.2, 0.25) is 0 Å². The van der Waals surface area contributed by atoms with Gasteiger partial charge in [-0.05, 0) is 26.0 Å². The predicted octanol–water partition coefficient (Wildman–Crippen LogP) is 1.36. The minimum absolute atomic E-state index is 0. The van der Waals surface area contributed by atoms with E-state index in [1.807, 2.05) is 29.2 Å². The average Bonchev–Trinajstić information content (AvgIpc) is 2.80. The molecule has 0 saturated carbocycles. The highest BCUT2D eigenvalue weighted by molar-refractivity contribution is 5.85. The standard InChI is InChI=1S/C17H24N4O2.ClH/c1-12-13(2)20(11-9-18-12)16(22)8-10-21-15-7-5-4-6-14(15)19(3)17(21)23;/h4-7,12-13,18H,8-11H2,1-3H3;1H. The predicted molar refractivity (Wildman–Crippen MR) is 97.7 cm³/mol. The van der Waals surface area contributed by atoms with Crippen LogP contribution in [0.15, 0.2) is 29.1 Å². The zero-order chi connectivity index (χ0) is 16.6. The molecule has 2 unspecified atom stereocenters. The fourth-order valence-corrected chi connectivity index (χ4v) is 3.34. The summed E-state index contributed by atoms with van der Waals surface area (Å²) >= 11 is 0. The minimum atomic E-state index is -0.0688. The highest BCUT2D eigenvalue weighted by Gasteiger charge is 2.27. The first-order valence-corrected chi connectivity index (χ1v) is 8.18. The number of piperazine rings is 1. The van der Waals surface area contributed by atoms with Gasteiger partial charge in [0.05, 0.1) is 11.0 Å². The molecule has 1 fully saturated rings. The van der Waals surface area contributed by atoms with Gasteiger partial charge in [0.25, 0.3) is 0 Å². The molecule has 1 saturated heterocycles. The van der Waals surface area contributed by atoms with Crippen LogP contribution >= 0.6 is 12.4 Å². The van der Waals surface area contributed by atoms with Gasteiger partial charge in [0.15, 0.2) is 0 Å². The summed E-state index contributed by atoms with van der Waals surface area (Å²) in [6.07, 6.45) is 0.352. The lowest BCUT2D eigenvalue weighted by molar-refractivity contribution is -0.135. The Morgan fingerprint density at radius 2 is 1.92 bits per heavy atom. The fraction of sp³-hybridized carbons (Fsp3) is 0.529. The lowest BCUT2D eigenvalue weighted by Crippen LogP contribution is -2.57. The first-order chi connectivity index (χ1) is 11.0. The van der Waals surface area contributed by atoms with Crippen molar-refractivity contribution in [3.63, 3.8) is 0 Å². The molecule has 0 radical (unpaired) electrons. The number of nitrogens with zero attached hydrogens (tertiary/aromatic N) is 3. The molecule has 0 bridgehead atoms. The summed E-state index contributed by atoms with van der Waals surface area (Å²) in [5, 5.41) is 3.37. The number of fused-ring (bicyclic) bond motifs is 1. The first kappa shape index (κ1) is 18.5. The molecule has 1 aromatic heterocycles. The molecule has 2 atom stereocenters. The number of rotatable bonds is 3. The number of para-hydroxylation sites is 2. The van der Waals surface area contributed by atoms with Crippen LogP contribution in [0.1, 0.15) is 20.3 Å². The Balaban J connectivity index is 0.00000208. The third-order valence-electron chi connectivity index (χ3n) is 4.96. The van der Waals surface area contributed by atoms with E-state index in [1.165, 1.54) is 0 Å². The molecule has 7 heteroatoms. The van der Waals surface area contributed by atoms with Gasteiger partial charge < -0.3 is 10.2 Å². The second kappa shape index (κ2) is 7.40. The number of hydrogen-bond donors (Lipinski definition) is 1. The molecule has 24 heavy (non-hydrogen) atoms. The molecular formula is C17H25ClN4O2. The molecule has 0 aliphatic carbocycles. The van der Waals surface area contributed by atoms with E-state index in [-0.39, 0.29) is 30.0 Å². The number of nitrogens with one attached hydrogen (secondary N) is 1. The number of carbonyl (C=O) groups excluding carboxylic acids is 1. The molecule has 2 heterocycles. The van der Waals surface area contributed by atoms with Gasteiger partial charge in [-0.25, -0.2) is 4.79 Å². The Morgan fingerprint density at radius 3 is 2.62 bits per heavy atom. The summed E-state index contributed by atoms with van der Waals surface area (Å²) in [6.45, 7) is 6.14. The van der Waals surface area contributed by atoms with Crippen molar-refractivity contribution in [1.82, 2.24) is 19.4 Å². The molecule has 1 amide bonds. The van der Waals surface area contributed by atoms with Crippen LogP contribution in [0.5, 0.6) is 0 Å². The molecule has 2 aromatic rings. The number of hydrogen-bond acceptors (Lipinski definition) is 3. The molecule has 1 aliphatic rings. The molecule has 6 nitrogen and oxygen atoms in total. The third-order valence-corrected chi connectivity index (χ3v) is 4.96. The number of carbonyl (C=O) groups is 1. The molecule has 3 rings (SSSR count). The van der Waals surface area contributed by atoms with E-state index < -0.39 is 0 Å². The summed E-state index contributed by atoms with van der Waals surface area (Å²) in [7, 11) is 1.77. The van der Waals surface area contributed by atoms with Gasteiger partial charge in [0.2, 0.25) is 5.91 Å². The minimum Gasteiger partial charge on any atom is -0.337 e. The molecular weight excluding hydrogens is 328 g/mol. The van der Waals surface area contributed by atoms with E-state index in [0.717, 1.165) is 24.1 Å². The molecule has 1 N–H and O–H groups in total. The van der Waals surface area contributed by atoms with Crippen molar-refractivity contribution < 1.29 is 4.79 Å². The lowest BCUT2D eigenvalue weighted by atomic mass is 10.1. The molecule has 1 aliphatic heterocycles. The maximum absolute atomic E-state index is 12.6. The summed E-state index contributed by atoms with van der Waals surface area (Å²) in [6, 6.07) is 8.17. The van der Waals surface area contributed by atoms with Crippen LogP contribution < -0.4 is 11.0 Å². The Morgan fingerprint density at radius 1 is 1.25 bits per heavy atom. The SMILES string of the molecule is CC1NCCN(C(=O)CCn2c(=O)n(C)c3ccccc32)C1C.Cl. The Kier molecular flexibility index (Phi) is 5.72. The normalized spacial score (nSPS) is 20.9. The van der Waals surface area contributed by atoms with Crippen LogP contribution in [-0.2, 0) is 18.4 Å². The van der Waals surface area contributed by atoms with Gasteiger partial charge in [-0.15, -0.1) is 12.4 Å². The maximum Gasteiger partial charge on any atom is 0.328 e. The van der Waals surface area contributed by atoms with Gasteiger partial charge in [-0.2, -0.15) is 0 Å². The van der Waals surface area contributed by atoms with Gasteiger partial charge in [-0.1, -0.05) is 12.1 Å². The van der Waals surface area contributed by atoms with Crippen molar-refractivity contribution in [1.29, 1.82) is 0 Å². The quantitative estimate of drug-likeness (QED) is 0.907. The molecule has 1 aromatic carbocycles. The van der Waals surface area contributed by atoms with Crippen molar-refractivity contribution in [2.24, 2.45) is 7.05 Å². The summed E-state index contributed by atoms with van der Waals surface area (Å²) in [5.41, 5.74) is 1.71. The van der Waals surface area contributed by atoms with Crippen LogP contribution in [0.4, 0.5) is 0 Å². The van der Waals surface area contributed by atoms with E-state index in [1.54, 1.807) is 16.2 Å². The van der Waals surface area contributed by atoms with Crippen molar-refractivity contribution in [3.05, 3.63) is 34.7 Å². The number of benzene rings is 1. The van der Waals surface area contributed by atoms with Crippen molar-refractivity contribution >= 4 is 29.3 Å². The van der Waals surface area contributed by atoms with E-state index in [4.69, 9.17) is 0 Å². The number of imidazole rings is 1. The lowest BCUT2D eigenvalue weighted by Gasteiger charge is -2.38. The second-order valence-electron chi connectivity index (χ2n) is 6.30. The van der Waals surface area contributed by atoms with Gasteiger partial charge in [0, 0.05) is 45.2 Å². The largest absolute Gasteiger partial charge is 0.337 e. The summed E-state index contributed by atoms with van der Waals surface area (Å²) < 4.78 is 3.33. The molecule has 132 valence electrons. The van der Waals surface area contributed by atoms with E-state index in [9.17, 15) is 9.59 Å². The highest BCUT2D eigenvalue weighted by Crippen LogP contribution is 2.14. The molecule has 0 spiro atoms. The van der Waals surface area contributed by atoms with Crippen LogP contribution in [-0.4, -0.2) is 45.1 Å². The van der Waals surface area contributed by atoms with Crippen molar-refractivity contribution in [3.8, 4) is 0 Å². The van der Waals surface area contributed by atoms with Crippen molar-refractivity contribution in [2.75, 3.05) is 13.1 Å². The monoisotopic (exact) mass is 352 g/mol. The van der Waals surface area contributed by atoms with Crippen LogP contribution in [0.3, 0.4) is 0 Å². The smallest absolute Gasteiger partial charge is 0.328 e. The van der Waals surface area contributed by atoms with Crippen molar-refractivity contribution in [2.45, 2.75) is 38.9 Å².